The van der Waals surface area contributed by atoms with Gasteiger partial charge in [-0.05, 0) is 26.0 Å². The molecule has 22 heavy (non-hydrogen) atoms. The molecule has 1 N–H and O–H groups in total. The van der Waals surface area contributed by atoms with Crippen LogP contribution in [0.2, 0.25) is 0 Å². The number of nitrogens with zero attached hydrogens (tertiary/aromatic N) is 2. The van der Waals surface area contributed by atoms with E-state index in [2.05, 4.69) is 19.6 Å². The first kappa shape index (κ1) is 16.1. The summed E-state index contributed by atoms with van der Waals surface area (Å²) in [6.45, 7) is 2.99. The van der Waals surface area contributed by atoms with Gasteiger partial charge in [0, 0.05) is 6.20 Å². The van der Waals surface area contributed by atoms with Crippen LogP contribution in [0.3, 0.4) is 0 Å². The van der Waals surface area contributed by atoms with E-state index in [1.807, 2.05) is 0 Å². The molecule has 2 aromatic heterocycles. The lowest BCUT2D eigenvalue weighted by molar-refractivity contribution is 0.0600. The van der Waals surface area contributed by atoms with E-state index < -0.39 is 16.0 Å². The third-order valence-corrected chi connectivity index (χ3v) is 4.56. The Bertz CT molecular complexity index is 778. The molecule has 0 radical (unpaired) electrons. The summed E-state index contributed by atoms with van der Waals surface area (Å²) in [4.78, 5) is 15.5. The predicted octanol–water partition coefficient (Wildman–Crippen LogP) is 0.952. The maximum Gasteiger partial charge on any atom is 0.337 e. The van der Waals surface area contributed by atoms with Crippen LogP contribution < -0.4 is 4.72 Å². The van der Waals surface area contributed by atoms with Gasteiger partial charge in [0.05, 0.1) is 24.9 Å². The number of hydrogen-bond acceptors (Lipinski definition) is 7. The summed E-state index contributed by atoms with van der Waals surface area (Å²) in [5.74, 6) is -0.307. The number of pyridine rings is 1. The largest absolute Gasteiger partial charge is 0.465 e. The highest BCUT2D eigenvalue weighted by Gasteiger charge is 2.24. The highest BCUT2D eigenvalue weighted by molar-refractivity contribution is 7.89. The van der Waals surface area contributed by atoms with Crippen molar-refractivity contribution in [2.45, 2.75) is 25.3 Å². The van der Waals surface area contributed by atoms with Gasteiger partial charge < -0.3 is 9.26 Å². The van der Waals surface area contributed by atoms with Crippen molar-refractivity contribution in [2.24, 2.45) is 0 Å². The van der Waals surface area contributed by atoms with Crippen molar-refractivity contribution in [1.82, 2.24) is 14.9 Å². The van der Waals surface area contributed by atoms with Crippen molar-refractivity contribution >= 4 is 16.0 Å². The molecule has 0 saturated heterocycles. The molecule has 0 unspecified atom stereocenters. The normalized spacial score (nSPS) is 11.4. The molecule has 0 aromatic carbocycles. The molecule has 0 saturated carbocycles. The number of methoxy groups -OCH3 is 1. The standard InChI is InChI=1S/C13H15N3O5S/c1-8-12(9(2)21-16-8)22(18,19)15-7-11-6-10(4-5-14-11)13(17)20-3/h4-6,15H,7H2,1-3H3. The first-order valence-electron chi connectivity index (χ1n) is 6.31. The summed E-state index contributed by atoms with van der Waals surface area (Å²) in [5, 5.41) is 3.61. The summed E-state index contributed by atoms with van der Waals surface area (Å²) in [6, 6.07) is 2.94. The Hall–Kier alpha value is -2.26. The molecule has 0 bridgehead atoms. The van der Waals surface area contributed by atoms with Crippen LogP contribution in [0.15, 0.2) is 27.7 Å². The van der Waals surface area contributed by atoms with E-state index in [0.717, 1.165) is 0 Å². The topological polar surface area (TPSA) is 111 Å². The fraction of sp³-hybridized carbons (Fsp3) is 0.308. The minimum Gasteiger partial charge on any atom is -0.465 e. The quantitative estimate of drug-likeness (QED) is 0.815. The van der Waals surface area contributed by atoms with Crippen LogP contribution in [-0.4, -0.2) is 31.6 Å². The second-order valence-corrected chi connectivity index (χ2v) is 6.21. The predicted molar refractivity (Wildman–Crippen MR) is 75.6 cm³/mol. The van der Waals surface area contributed by atoms with Crippen molar-refractivity contribution in [2.75, 3.05) is 7.11 Å². The van der Waals surface area contributed by atoms with Gasteiger partial charge in [-0.3, -0.25) is 4.98 Å². The summed E-state index contributed by atoms with van der Waals surface area (Å²) >= 11 is 0. The first-order chi connectivity index (χ1) is 10.3. The molecular weight excluding hydrogens is 310 g/mol. The van der Waals surface area contributed by atoms with Gasteiger partial charge >= 0.3 is 5.97 Å². The molecule has 0 aliphatic heterocycles. The van der Waals surface area contributed by atoms with E-state index in [9.17, 15) is 13.2 Å². The second kappa shape index (κ2) is 6.24. The summed E-state index contributed by atoms with van der Waals surface area (Å²) in [5.41, 5.74) is 0.962. The molecule has 2 aromatic rings. The lowest BCUT2D eigenvalue weighted by Gasteiger charge is -2.06. The van der Waals surface area contributed by atoms with Crippen molar-refractivity contribution in [3.05, 3.63) is 41.0 Å². The SMILES string of the molecule is COC(=O)c1ccnc(CNS(=O)(=O)c2c(C)noc2C)c1. The fourth-order valence-electron chi connectivity index (χ4n) is 1.92. The lowest BCUT2D eigenvalue weighted by atomic mass is 10.2. The van der Waals surface area contributed by atoms with Gasteiger partial charge in [-0.15, -0.1) is 0 Å². The number of aromatic nitrogens is 2. The van der Waals surface area contributed by atoms with Gasteiger partial charge in [-0.2, -0.15) is 0 Å². The van der Waals surface area contributed by atoms with Crippen molar-refractivity contribution in [1.29, 1.82) is 0 Å². The second-order valence-electron chi connectivity index (χ2n) is 4.51. The summed E-state index contributed by atoms with van der Waals surface area (Å²) < 4.78 is 36.4. The Morgan fingerprint density at radius 2 is 2.14 bits per heavy atom. The number of esters is 1. The highest BCUT2D eigenvalue weighted by Crippen LogP contribution is 2.18. The van der Waals surface area contributed by atoms with Gasteiger partial charge in [0.15, 0.2) is 5.76 Å². The molecule has 0 aliphatic carbocycles. The first-order valence-corrected chi connectivity index (χ1v) is 7.79. The van der Waals surface area contributed by atoms with Gasteiger partial charge in [0.2, 0.25) is 10.0 Å². The zero-order valence-electron chi connectivity index (χ0n) is 12.3. The molecule has 0 atom stereocenters. The van der Waals surface area contributed by atoms with E-state index in [4.69, 9.17) is 4.52 Å². The monoisotopic (exact) mass is 325 g/mol. The highest BCUT2D eigenvalue weighted by atomic mass is 32.2. The minimum atomic E-state index is -3.78. The number of rotatable bonds is 5. The molecule has 118 valence electrons. The smallest absolute Gasteiger partial charge is 0.337 e. The van der Waals surface area contributed by atoms with E-state index in [1.165, 1.54) is 32.4 Å². The van der Waals surface area contributed by atoms with Crippen LogP contribution >= 0.6 is 0 Å². The number of carbonyl (C=O) groups excluding carboxylic acids is 1. The van der Waals surface area contributed by atoms with Crippen LogP contribution in [-0.2, 0) is 21.3 Å². The van der Waals surface area contributed by atoms with E-state index >= 15 is 0 Å². The minimum absolute atomic E-state index is 0.0108. The lowest BCUT2D eigenvalue weighted by Crippen LogP contribution is -2.24. The molecule has 0 aliphatic rings. The molecule has 8 nitrogen and oxygen atoms in total. The Morgan fingerprint density at radius 1 is 1.41 bits per heavy atom. The number of hydrogen-bond donors (Lipinski definition) is 1. The molecule has 2 rings (SSSR count). The van der Waals surface area contributed by atoms with Gasteiger partial charge in [-0.25, -0.2) is 17.9 Å². The molecule has 0 spiro atoms. The van der Waals surface area contributed by atoms with Gasteiger partial charge in [-0.1, -0.05) is 5.16 Å². The molecule has 9 heteroatoms. The zero-order chi connectivity index (χ0) is 16.3. The number of aryl methyl sites for hydroxylation is 2. The van der Waals surface area contributed by atoms with Crippen LogP contribution in [0.4, 0.5) is 0 Å². The van der Waals surface area contributed by atoms with E-state index in [0.29, 0.717) is 11.3 Å². The number of sulfonamides is 1. The van der Waals surface area contributed by atoms with E-state index in [1.54, 1.807) is 6.92 Å². The van der Waals surface area contributed by atoms with Crippen LogP contribution in [0, 0.1) is 13.8 Å². The zero-order valence-corrected chi connectivity index (χ0v) is 13.1. The third kappa shape index (κ3) is 3.31. The average Bonchev–Trinajstić information content (AvgIpc) is 2.84. The molecule has 0 fully saturated rings. The maximum absolute atomic E-state index is 12.3. The number of nitrogens with one attached hydrogen (secondary N) is 1. The Labute approximate surface area is 127 Å². The third-order valence-electron chi connectivity index (χ3n) is 2.92. The van der Waals surface area contributed by atoms with Crippen LogP contribution in [0.1, 0.15) is 27.5 Å². The molecule has 2 heterocycles. The number of carbonyl (C=O) groups is 1. The fourth-order valence-corrected chi connectivity index (χ4v) is 3.24. The number of ether oxygens (including phenoxy) is 1. The maximum atomic E-state index is 12.3. The van der Waals surface area contributed by atoms with Crippen molar-refractivity contribution in [3.63, 3.8) is 0 Å². The van der Waals surface area contributed by atoms with Gasteiger partial charge in [0.1, 0.15) is 10.6 Å². The average molecular weight is 325 g/mol. The molecular formula is C13H15N3O5S. The van der Waals surface area contributed by atoms with Crippen LogP contribution in [0.5, 0.6) is 0 Å². The Kier molecular flexibility index (Phi) is 4.57. The Balaban J connectivity index is 2.18. The van der Waals surface area contributed by atoms with E-state index in [-0.39, 0.29) is 22.9 Å². The van der Waals surface area contributed by atoms with Crippen molar-refractivity contribution in [3.8, 4) is 0 Å². The van der Waals surface area contributed by atoms with Crippen LogP contribution in [0.25, 0.3) is 0 Å². The molecule has 0 amide bonds. The van der Waals surface area contributed by atoms with Gasteiger partial charge in [0.25, 0.3) is 0 Å². The summed E-state index contributed by atoms with van der Waals surface area (Å²) in [6.07, 6.45) is 1.41. The summed E-state index contributed by atoms with van der Waals surface area (Å²) in [7, 11) is -2.51. The Morgan fingerprint density at radius 3 is 2.73 bits per heavy atom. The van der Waals surface area contributed by atoms with Crippen molar-refractivity contribution < 1.29 is 22.5 Å².